The van der Waals surface area contributed by atoms with E-state index in [2.05, 4.69) is 5.32 Å². The van der Waals surface area contributed by atoms with E-state index in [9.17, 15) is 9.59 Å². The third-order valence-corrected chi connectivity index (χ3v) is 3.06. The SMILES string of the molecule is Cc1cccc(NC(=O)COC(=O)C2=COCCO2)c1C. The van der Waals surface area contributed by atoms with Crippen molar-refractivity contribution >= 4 is 17.6 Å². The Labute approximate surface area is 122 Å². The predicted molar refractivity (Wildman–Crippen MR) is 75.5 cm³/mol. The van der Waals surface area contributed by atoms with E-state index in [1.54, 1.807) is 6.07 Å². The summed E-state index contributed by atoms with van der Waals surface area (Å²) in [6.07, 6.45) is 1.19. The topological polar surface area (TPSA) is 73.9 Å². The molecule has 2 rings (SSSR count). The highest BCUT2D eigenvalue weighted by Gasteiger charge is 2.18. The average molecular weight is 291 g/mol. The largest absolute Gasteiger partial charge is 0.493 e. The van der Waals surface area contributed by atoms with Crippen molar-refractivity contribution in [3.63, 3.8) is 0 Å². The molecule has 0 radical (unpaired) electrons. The van der Waals surface area contributed by atoms with Crippen molar-refractivity contribution in [3.8, 4) is 0 Å². The molecule has 1 heterocycles. The Morgan fingerprint density at radius 3 is 2.81 bits per heavy atom. The number of nitrogens with one attached hydrogen (secondary N) is 1. The second kappa shape index (κ2) is 6.78. The zero-order valence-electron chi connectivity index (χ0n) is 12.0. The fourth-order valence-corrected chi connectivity index (χ4v) is 1.75. The van der Waals surface area contributed by atoms with Crippen LogP contribution in [-0.2, 0) is 23.8 Å². The van der Waals surface area contributed by atoms with Crippen LogP contribution >= 0.6 is 0 Å². The van der Waals surface area contributed by atoms with Crippen LogP contribution in [0.4, 0.5) is 5.69 Å². The summed E-state index contributed by atoms with van der Waals surface area (Å²) in [6.45, 7) is 4.17. The summed E-state index contributed by atoms with van der Waals surface area (Å²) in [7, 11) is 0. The van der Waals surface area contributed by atoms with Gasteiger partial charge in [0.2, 0.25) is 5.76 Å². The first-order valence-corrected chi connectivity index (χ1v) is 6.55. The molecule has 1 aromatic carbocycles. The van der Waals surface area contributed by atoms with Crippen molar-refractivity contribution in [1.29, 1.82) is 0 Å². The molecule has 1 aromatic rings. The standard InChI is InChI=1S/C15H17NO5/c1-10-4-3-5-12(11(10)2)16-14(17)9-21-15(18)13-8-19-6-7-20-13/h3-5,8H,6-7,9H2,1-2H3,(H,16,17). The summed E-state index contributed by atoms with van der Waals surface area (Å²) in [6, 6.07) is 5.60. The molecule has 0 atom stereocenters. The van der Waals surface area contributed by atoms with E-state index >= 15 is 0 Å². The van der Waals surface area contributed by atoms with Crippen molar-refractivity contribution < 1.29 is 23.8 Å². The number of hydrogen-bond acceptors (Lipinski definition) is 5. The molecule has 6 nitrogen and oxygen atoms in total. The Bertz CT molecular complexity index is 579. The van der Waals surface area contributed by atoms with E-state index in [4.69, 9.17) is 14.2 Å². The number of carbonyl (C=O) groups excluding carboxylic acids is 2. The van der Waals surface area contributed by atoms with Gasteiger partial charge in [-0.3, -0.25) is 4.79 Å². The molecule has 6 heteroatoms. The molecular weight excluding hydrogens is 274 g/mol. The highest BCUT2D eigenvalue weighted by molar-refractivity contribution is 5.95. The Hall–Kier alpha value is -2.50. The molecule has 0 aliphatic carbocycles. The molecule has 0 saturated carbocycles. The number of benzene rings is 1. The molecule has 21 heavy (non-hydrogen) atoms. The third-order valence-electron chi connectivity index (χ3n) is 3.06. The average Bonchev–Trinajstić information content (AvgIpc) is 2.50. The van der Waals surface area contributed by atoms with Crippen LogP contribution in [0.5, 0.6) is 0 Å². The molecule has 0 aromatic heterocycles. The monoisotopic (exact) mass is 291 g/mol. The quantitative estimate of drug-likeness (QED) is 0.854. The van der Waals surface area contributed by atoms with E-state index < -0.39 is 11.9 Å². The minimum atomic E-state index is -0.717. The van der Waals surface area contributed by atoms with Crippen LogP contribution in [-0.4, -0.2) is 31.7 Å². The summed E-state index contributed by atoms with van der Waals surface area (Å²) in [4.78, 5) is 23.4. The molecule has 1 amide bonds. The molecule has 0 bridgehead atoms. The van der Waals surface area contributed by atoms with Gasteiger partial charge in [0.1, 0.15) is 19.5 Å². The number of ether oxygens (including phenoxy) is 3. The highest BCUT2D eigenvalue weighted by Crippen LogP contribution is 2.17. The van der Waals surface area contributed by atoms with Gasteiger partial charge in [-0.05, 0) is 31.0 Å². The van der Waals surface area contributed by atoms with Gasteiger partial charge in [0.25, 0.3) is 5.91 Å². The van der Waals surface area contributed by atoms with Crippen molar-refractivity contribution in [1.82, 2.24) is 0 Å². The molecule has 1 aliphatic rings. The van der Waals surface area contributed by atoms with E-state index in [-0.39, 0.29) is 19.0 Å². The van der Waals surface area contributed by atoms with Gasteiger partial charge in [0.05, 0.1) is 0 Å². The number of esters is 1. The normalized spacial score (nSPS) is 13.5. The lowest BCUT2D eigenvalue weighted by Gasteiger charge is -2.14. The van der Waals surface area contributed by atoms with Crippen LogP contribution in [0.25, 0.3) is 0 Å². The van der Waals surface area contributed by atoms with Crippen molar-refractivity contribution in [3.05, 3.63) is 41.3 Å². The summed E-state index contributed by atoms with van der Waals surface area (Å²) in [5, 5.41) is 2.70. The molecule has 1 aliphatic heterocycles. The molecule has 112 valence electrons. The number of aryl methyl sites for hydroxylation is 1. The zero-order valence-corrected chi connectivity index (χ0v) is 12.0. The number of carbonyl (C=O) groups is 2. The summed E-state index contributed by atoms with van der Waals surface area (Å²) in [5.74, 6) is -1.15. The summed E-state index contributed by atoms with van der Waals surface area (Å²) >= 11 is 0. The second-order valence-corrected chi connectivity index (χ2v) is 4.57. The highest BCUT2D eigenvalue weighted by atomic mass is 16.6. The van der Waals surface area contributed by atoms with Crippen LogP contribution in [0.1, 0.15) is 11.1 Å². The van der Waals surface area contributed by atoms with Crippen molar-refractivity contribution in [2.75, 3.05) is 25.1 Å². The van der Waals surface area contributed by atoms with Gasteiger partial charge in [-0.1, -0.05) is 12.1 Å². The maximum Gasteiger partial charge on any atom is 0.377 e. The van der Waals surface area contributed by atoms with Gasteiger partial charge < -0.3 is 19.5 Å². The lowest BCUT2D eigenvalue weighted by atomic mass is 10.1. The second-order valence-electron chi connectivity index (χ2n) is 4.57. The van der Waals surface area contributed by atoms with Gasteiger partial charge in [0.15, 0.2) is 6.61 Å². The lowest BCUT2D eigenvalue weighted by molar-refractivity contribution is -0.148. The van der Waals surface area contributed by atoms with Gasteiger partial charge in [-0.15, -0.1) is 0 Å². The maximum absolute atomic E-state index is 11.8. The first-order chi connectivity index (χ1) is 10.1. The maximum atomic E-state index is 11.8. The first-order valence-electron chi connectivity index (χ1n) is 6.55. The van der Waals surface area contributed by atoms with Crippen LogP contribution in [0, 0.1) is 13.8 Å². The fourth-order valence-electron chi connectivity index (χ4n) is 1.75. The lowest BCUT2D eigenvalue weighted by Crippen LogP contribution is -2.24. The smallest absolute Gasteiger partial charge is 0.377 e. The summed E-state index contributed by atoms with van der Waals surface area (Å²) < 4.78 is 14.9. The van der Waals surface area contributed by atoms with Crippen LogP contribution in [0.2, 0.25) is 0 Å². The van der Waals surface area contributed by atoms with Gasteiger partial charge in [-0.25, -0.2) is 4.79 Å². The van der Waals surface area contributed by atoms with E-state index in [0.717, 1.165) is 11.1 Å². The summed E-state index contributed by atoms with van der Waals surface area (Å²) in [5.41, 5.74) is 2.75. The number of amides is 1. The van der Waals surface area contributed by atoms with E-state index in [0.29, 0.717) is 12.3 Å². The Kier molecular flexibility index (Phi) is 4.81. The Morgan fingerprint density at radius 2 is 2.10 bits per heavy atom. The molecule has 0 saturated heterocycles. The van der Waals surface area contributed by atoms with Gasteiger partial charge in [-0.2, -0.15) is 0 Å². The van der Waals surface area contributed by atoms with E-state index in [1.165, 1.54) is 6.26 Å². The van der Waals surface area contributed by atoms with Crippen molar-refractivity contribution in [2.24, 2.45) is 0 Å². The number of hydrogen-bond donors (Lipinski definition) is 1. The zero-order chi connectivity index (χ0) is 15.2. The Balaban J connectivity index is 1.86. The first kappa shape index (κ1) is 14.9. The van der Waals surface area contributed by atoms with Crippen LogP contribution in [0.15, 0.2) is 30.2 Å². The predicted octanol–water partition coefficient (Wildman–Crippen LogP) is 1.67. The fraction of sp³-hybridized carbons (Fsp3) is 0.333. The number of rotatable bonds is 4. The molecule has 0 fully saturated rings. The van der Waals surface area contributed by atoms with Gasteiger partial charge in [0, 0.05) is 5.69 Å². The van der Waals surface area contributed by atoms with Gasteiger partial charge >= 0.3 is 5.97 Å². The minimum Gasteiger partial charge on any atom is -0.493 e. The van der Waals surface area contributed by atoms with Crippen LogP contribution in [0.3, 0.4) is 0 Å². The third kappa shape index (κ3) is 3.98. The van der Waals surface area contributed by atoms with Crippen molar-refractivity contribution in [2.45, 2.75) is 13.8 Å². The minimum absolute atomic E-state index is 0.0270. The molecule has 1 N–H and O–H groups in total. The van der Waals surface area contributed by atoms with Crippen LogP contribution < -0.4 is 5.32 Å². The van der Waals surface area contributed by atoms with E-state index in [1.807, 2.05) is 26.0 Å². The molecule has 0 unspecified atom stereocenters. The molecular formula is C15H17NO5. The number of anilines is 1. The molecule has 0 spiro atoms. The Morgan fingerprint density at radius 1 is 1.29 bits per heavy atom.